The number of unbranched alkanes of at least 4 members (excludes halogenated alkanes) is 12. The van der Waals surface area contributed by atoms with Crippen molar-refractivity contribution < 1.29 is 28.6 Å². The topological polar surface area (TPSA) is 78.9 Å². The van der Waals surface area contributed by atoms with Crippen LogP contribution in [0.2, 0.25) is 0 Å². The molecular formula is C71H108O6. The van der Waals surface area contributed by atoms with Crippen molar-refractivity contribution in [3.63, 3.8) is 0 Å². The summed E-state index contributed by atoms with van der Waals surface area (Å²) in [5, 5.41) is 0. The zero-order valence-corrected chi connectivity index (χ0v) is 48.9. The van der Waals surface area contributed by atoms with Crippen LogP contribution in [-0.2, 0) is 28.6 Å². The van der Waals surface area contributed by atoms with Crippen molar-refractivity contribution >= 4 is 17.9 Å². The third-order valence-electron chi connectivity index (χ3n) is 11.9. The smallest absolute Gasteiger partial charge is 0.309 e. The summed E-state index contributed by atoms with van der Waals surface area (Å²) in [6.07, 6.45) is 94.8. The van der Waals surface area contributed by atoms with Crippen LogP contribution in [0.1, 0.15) is 226 Å². The van der Waals surface area contributed by atoms with E-state index in [2.05, 4.69) is 191 Å². The number of allylic oxidation sites excluding steroid dienone is 29. The first-order chi connectivity index (χ1) is 38.0. The van der Waals surface area contributed by atoms with Crippen LogP contribution >= 0.6 is 0 Å². The van der Waals surface area contributed by atoms with E-state index in [9.17, 15) is 14.4 Å². The second-order valence-electron chi connectivity index (χ2n) is 19.2. The van der Waals surface area contributed by atoms with Gasteiger partial charge in [0.25, 0.3) is 0 Å². The van der Waals surface area contributed by atoms with E-state index in [-0.39, 0.29) is 44.4 Å². The molecule has 0 saturated carbocycles. The van der Waals surface area contributed by atoms with Gasteiger partial charge in [-0.1, -0.05) is 248 Å². The van der Waals surface area contributed by atoms with Gasteiger partial charge in [-0.3, -0.25) is 14.4 Å². The summed E-state index contributed by atoms with van der Waals surface area (Å²) in [5.41, 5.74) is 0. The highest BCUT2D eigenvalue weighted by Gasteiger charge is 2.19. The van der Waals surface area contributed by atoms with Gasteiger partial charge < -0.3 is 14.2 Å². The minimum Gasteiger partial charge on any atom is -0.462 e. The summed E-state index contributed by atoms with van der Waals surface area (Å²) in [7, 11) is 0. The molecule has 6 nitrogen and oxygen atoms in total. The Morgan fingerprint density at radius 2 is 0.558 bits per heavy atom. The Balaban J connectivity index is 4.57. The lowest BCUT2D eigenvalue weighted by atomic mass is 10.1. The fourth-order valence-corrected chi connectivity index (χ4v) is 7.44. The zero-order valence-electron chi connectivity index (χ0n) is 48.9. The summed E-state index contributed by atoms with van der Waals surface area (Å²) in [4.78, 5) is 38.2. The summed E-state index contributed by atoms with van der Waals surface area (Å²) >= 11 is 0. The van der Waals surface area contributed by atoms with E-state index >= 15 is 0 Å². The van der Waals surface area contributed by atoms with Crippen molar-refractivity contribution in [2.75, 3.05) is 13.2 Å². The van der Waals surface area contributed by atoms with E-state index in [1.54, 1.807) is 6.08 Å². The highest BCUT2D eigenvalue weighted by atomic mass is 16.6. The van der Waals surface area contributed by atoms with Crippen molar-refractivity contribution in [3.8, 4) is 0 Å². The Kier molecular flexibility index (Phi) is 58.6. The molecule has 0 aromatic heterocycles. The molecule has 0 heterocycles. The monoisotopic (exact) mass is 1060 g/mol. The van der Waals surface area contributed by atoms with Crippen molar-refractivity contribution in [1.82, 2.24) is 0 Å². The quantitative estimate of drug-likeness (QED) is 0.0261. The van der Waals surface area contributed by atoms with Crippen LogP contribution in [0.5, 0.6) is 0 Å². The molecule has 77 heavy (non-hydrogen) atoms. The zero-order chi connectivity index (χ0) is 55.7. The standard InChI is InChI=1S/C71H108O6/c1-4-7-10-13-16-19-22-25-28-30-31-32-33-34-35-36-37-38-39-41-43-46-49-52-55-58-61-64-70(73)76-67-68(66-75-69(72)63-60-57-54-51-48-45-42-27-24-21-18-15-12-9-6-3)77-71(74)65-62-59-56-53-50-47-44-40-29-26-23-20-17-14-11-8-5-2/h7,9-10,12,16-21,25-29,31-32,34-35,37-38,41-43,48-49,51-52,57,60,68H,4-6,8,11,13-15,22-24,30,33,36,39-40,44-47,50,53-56,58-59,61-67H2,1-3H3/b10-7-,12-9-,19-16-,20-17-,21-18-,28-25-,29-26-,32-31-,35-34-,38-37-,42-27-,43-41-,51-48-,52-49-,60-57-. The van der Waals surface area contributed by atoms with Crippen molar-refractivity contribution in [3.05, 3.63) is 182 Å². The number of ether oxygens (including phenoxy) is 3. The molecule has 1 atom stereocenters. The maximum atomic E-state index is 12.9. The number of esters is 3. The molecule has 0 saturated heterocycles. The molecule has 6 heteroatoms. The van der Waals surface area contributed by atoms with Crippen LogP contribution in [-0.4, -0.2) is 37.2 Å². The van der Waals surface area contributed by atoms with Crippen molar-refractivity contribution in [2.24, 2.45) is 0 Å². The normalized spacial score (nSPS) is 13.4. The molecule has 0 aliphatic carbocycles. The van der Waals surface area contributed by atoms with Gasteiger partial charge in [0.2, 0.25) is 0 Å². The molecule has 0 amide bonds. The van der Waals surface area contributed by atoms with E-state index in [1.807, 2.05) is 6.08 Å². The Morgan fingerprint density at radius 1 is 0.286 bits per heavy atom. The maximum absolute atomic E-state index is 12.9. The minimum absolute atomic E-state index is 0.108. The molecule has 0 aliphatic heterocycles. The van der Waals surface area contributed by atoms with Gasteiger partial charge in [-0.2, -0.15) is 0 Å². The fourth-order valence-electron chi connectivity index (χ4n) is 7.44. The maximum Gasteiger partial charge on any atom is 0.309 e. The van der Waals surface area contributed by atoms with Gasteiger partial charge in [-0.15, -0.1) is 0 Å². The first-order valence-corrected chi connectivity index (χ1v) is 30.3. The summed E-state index contributed by atoms with van der Waals surface area (Å²) in [6.45, 7) is 6.23. The number of carbonyl (C=O) groups is 3. The molecule has 1 unspecified atom stereocenters. The fraction of sp³-hybridized carbons (Fsp3) is 0.535. The summed E-state index contributed by atoms with van der Waals surface area (Å²) < 4.78 is 16.7. The lowest BCUT2D eigenvalue weighted by molar-refractivity contribution is -0.166. The summed E-state index contributed by atoms with van der Waals surface area (Å²) in [6, 6.07) is 0. The highest BCUT2D eigenvalue weighted by Crippen LogP contribution is 2.13. The van der Waals surface area contributed by atoms with Crippen LogP contribution in [0.3, 0.4) is 0 Å². The molecule has 0 radical (unpaired) electrons. The van der Waals surface area contributed by atoms with Crippen LogP contribution in [0, 0.1) is 0 Å². The van der Waals surface area contributed by atoms with E-state index in [4.69, 9.17) is 14.2 Å². The van der Waals surface area contributed by atoms with Crippen molar-refractivity contribution in [1.29, 1.82) is 0 Å². The molecule has 428 valence electrons. The molecule has 0 rings (SSSR count). The van der Waals surface area contributed by atoms with Crippen LogP contribution < -0.4 is 0 Å². The second-order valence-corrected chi connectivity index (χ2v) is 19.2. The molecular weight excluding hydrogens is 949 g/mol. The van der Waals surface area contributed by atoms with Gasteiger partial charge in [0, 0.05) is 12.8 Å². The van der Waals surface area contributed by atoms with Crippen LogP contribution in [0.15, 0.2) is 182 Å². The van der Waals surface area contributed by atoms with E-state index in [0.717, 1.165) is 135 Å². The predicted octanol–water partition coefficient (Wildman–Crippen LogP) is 20.9. The van der Waals surface area contributed by atoms with Gasteiger partial charge in [0.15, 0.2) is 6.10 Å². The molecule has 0 aromatic carbocycles. The third kappa shape index (κ3) is 61.2. The Bertz CT molecular complexity index is 1840. The van der Waals surface area contributed by atoms with E-state index in [1.165, 1.54) is 44.9 Å². The SMILES string of the molecule is CC/C=C\C/C=C\C/C=C\C/C=C\C/C=C\C/C=C\C/C=C\C/C=C\CCCCC(=O)OCC(COC(=O)C/C=C\C/C=C\C/C=C\C/C=C\C/C=C\CC)OC(=O)CCCCCCCCC/C=C\C/C=C\CCCCC. The highest BCUT2D eigenvalue weighted by molar-refractivity contribution is 5.72. The van der Waals surface area contributed by atoms with Gasteiger partial charge in [-0.25, -0.2) is 0 Å². The number of hydrogen-bond acceptors (Lipinski definition) is 6. The lowest BCUT2D eigenvalue weighted by Gasteiger charge is -2.18. The second kappa shape index (κ2) is 63.0. The summed E-state index contributed by atoms with van der Waals surface area (Å²) in [5.74, 6) is -1.13. The molecule has 0 aliphatic rings. The van der Waals surface area contributed by atoms with E-state index in [0.29, 0.717) is 6.42 Å². The van der Waals surface area contributed by atoms with Gasteiger partial charge >= 0.3 is 17.9 Å². The molecule has 0 fully saturated rings. The minimum atomic E-state index is -0.852. The molecule has 0 aromatic rings. The first kappa shape index (κ1) is 71.5. The van der Waals surface area contributed by atoms with Crippen LogP contribution in [0.25, 0.3) is 0 Å². The average Bonchev–Trinajstić information content (AvgIpc) is 3.43. The number of rotatable bonds is 52. The van der Waals surface area contributed by atoms with Gasteiger partial charge in [0.1, 0.15) is 13.2 Å². The largest absolute Gasteiger partial charge is 0.462 e. The van der Waals surface area contributed by atoms with Crippen molar-refractivity contribution in [2.45, 2.75) is 232 Å². The Morgan fingerprint density at radius 3 is 0.935 bits per heavy atom. The lowest BCUT2D eigenvalue weighted by Crippen LogP contribution is -2.30. The third-order valence-corrected chi connectivity index (χ3v) is 11.9. The molecule has 0 bridgehead atoms. The number of carbonyl (C=O) groups excluding carboxylic acids is 3. The van der Waals surface area contributed by atoms with Gasteiger partial charge in [0.05, 0.1) is 6.42 Å². The van der Waals surface area contributed by atoms with Gasteiger partial charge in [-0.05, 0) is 141 Å². The number of hydrogen-bond donors (Lipinski definition) is 0. The van der Waals surface area contributed by atoms with E-state index < -0.39 is 12.1 Å². The first-order valence-electron chi connectivity index (χ1n) is 30.3. The molecule has 0 spiro atoms. The molecule has 0 N–H and O–H groups in total. The Labute approximate surface area is 472 Å². The van der Waals surface area contributed by atoms with Crippen LogP contribution in [0.4, 0.5) is 0 Å². The predicted molar refractivity (Wildman–Crippen MR) is 334 cm³/mol. The average molecular weight is 1060 g/mol. The Hall–Kier alpha value is -5.49.